The van der Waals surface area contributed by atoms with E-state index in [0.717, 1.165) is 59.1 Å². The van der Waals surface area contributed by atoms with E-state index in [1.807, 2.05) is 60.4 Å². The second-order valence-corrected chi connectivity index (χ2v) is 10.6. The Morgan fingerprint density at radius 1 is 1.06 bits per heavy atom. The number of thiazole rings is 1. The summed E-state index contributed by atoms with van der Waals surface area (Å²) in [6, 6.07) is 16.2. The van der Waals surface area contributed by atoms with Gasteiger partial charge >= 0.3 is 0 Å². The van der Waals surface area contributed by atoms with Crippen LogP contribution in [0, 0.1) is 18.8 Å². The van der Waals surface area contributed by atoms with Crippen molar-refractivity contribution in [3.8, 4) is 10.4 Å². The molecule has 2 aliphatic heterocycles. The van der Waals surface area contributed by atoms with Crippen LogP contribution in [0.3, 0.4) is 0 Å². The van der Waals surface area contributed by atoms with Crippen LogP contribution < -0.4 is 4.90 Å². The second-order valence-electron chi connectivity index (χ2n) is 8.97. The summed E-state index contributed by atoms with van der Waals surface area (Å²) in [5.41, 5.74) is 3.15. The molecular formula is C25H23ClN4O2S. The first-order valence-corrected chi connectivity index (χ1v) is 12.4. The molecule has 8 heteroatoms. The fourth-order valence-electron chi connectivity index (χ4n) is 5.13. The van der Waals surface area contributed by atoms with Crippen molar-refractivity contribution >= 4 is 46.0 Å². The molecule has 2 aromatic carbocycles. The van der Waals surface area contributed by atoms with Gasteiger partial charge in [-0.2, -0.15) is 4.98 Å². The van der Waals surface area contributed by atoms with E-state index in [4.69, 9.17) is 16.0 Å². The average molecular weight is 479 g/mol. The molecule has 4 heterocycles. The molecular weight excluding hydrogens is 456 g/mol. The number of nitrogens with zero attached hydrogens (tertiary/aromatic N) is 4. The summed E-state index contributed by atoms with van der Waals surface area (Å²) in [4.78, 5) is 28.0. The fraction of sp³-hybridized carbons (Fsp3) is 0.320. The van der Waals surface area contributed by atoms with Crippen molar-refractivity contribution in [3.05, 3.63) is 64.3 Å². The summed E-state index contributed by atoms with van der Waals surface area (Å²) >= 11 is 7.69. The molecule has 0 N–H and O–H groups in total. The summed E-state index contributed by atoms with van der Waals surface area (Å²) in [6.45, 7) is 5.06. The number of carbonyl (C=O) groups is 1. The average Bonchev–Trinajstić information content (AvgIpc) is 3.41. The van der Waals surface area contributed by atoms with Crippen LogP contribution >= 0.6 is 22.9 Å². The Morgan fingerprint density at radius 3 is 2.58 bits per heavy atom. The number of hydrogen-bond acceptors (Lipinski definition) is 6. The van der Waals surface area contributed by atoms with E-state index in [1.54, 1.807) is 11.3 Å². The highest BCUT2D eigenvalue weighted by molar-refractivity contribution is 7.15. The van der Waals surface area contributed by atoms with Gasteiger partial charge in [0, 0.05) is 31.2 Å². The van der Waals surface area contributed by atoms with Crippen molar-refractivity contribution in [2.75, 3.05) is 31.1 Å². The molecule has 6 nitrogen and oxygen atoms in total. The number of halogens is 1. The summed E-state index contributed by atoms with van der Waals surface area (Å²) in [5.74, 6) is 0.790. The molecule has 2 saturated heterocycles. The quantitative estimate of drug-likeness (QED) is 0.388. The molecule has 33 heavy (non-hydrogen) atoms. The SMILES string of the molecule is Cc1nc(C(=O)N2CC3CC(C2)CN(c2nc4cc(Cl)ccc4o2)C3)c(-c2ccccc2)s1. The molecule has 2 aromatic heterocycles. The third-order valence-corrected chi connectivity index (χ3v) is 7.70. The van der Waals surface area contributed by atoms with Crippen molar-refractivity contribution in [3.63, 3.8) is 0 Å². The number of piperidine rings is 2. The molecule has 2 aliphatic rings. The van der Waals surface area contributed by atoms with Crippen molar-refractivity contribution in [1.29, 1.82) is 0 Å². The van der Waals surface area contributed by atoms with Gasteiger partial charge < -0.3 is 14.2 Å². The molecule has 0 aliphatic carbocycles. The van der Waals surface area contributed by atoms with Crippen LogP contribution in [-0.2, 0) is 0 Å². The normalized spacial score (nSPS) is 20.4. The van der Waals surface area contributed by atoms with Gasteiger partial charge in [-0.15, -0.1) is 11.3 Å². The smallest absolute Gasteiger partial charge is 0.298 e. The summed E-state index contributed by atoms with van der Waals surface area (Å²) < 4.78 is 6.01. The Hall–Kier alpha value is -2.90. The maximum Gasteiger partial charge on any atom is 0.298 e. The molecule has 6 rings (SSSR count). The van der Waals surface area contributed by atoms with Gasteiger partial charge in [0.2, 0.25) is 0 Å². The monoisotopic (exact) mass is 478 g/mol. The van der Waals surface area contributed by atoms with Crippen LogP contribution in [-0.4, -0.2) is 47.0 Å². The first kappa shape index (κ1) is 20.7. The minimum Gasteiger partial charge on any atom is -0.423 e. The van der Waals surface area contributed by atoms with Crippen molar-refractivity contribution in [1.82, 2.24) is 14.9 Å². The van der Waals surface area contributed by atoms with Crippen LogP contribution in [0.2, 0.25) is 5.02 Å². The first-order valence-electron chi connectivity index (χ1n) is 11.2. The Kier molecular flexibility index (Phi) is 5.11. The van der Waals surface area contributed by atoms with E-state index < -0.39 is 0 Å². The molecule has 2 fully saturated rings. The van der Waals surface area contributed by atoms with Gasteiger partial charge in [-0.25, -0.2) is 4.98 Å². The number of benzene rings is 2. The topological polar surface area (TPSA) is 62.5 Å². The molecule has 0 saturated carbocycles. The number of carbonyl (C=O) groups excluding carboxylic acids is 1. The van der Waals surface area contributed by atoms with Crippen molar-refractivity contribution in [2.45, 2.75) is 13.3 Å². The lowest BCUT2D eigenvalue weighted by Gasteiger charge is -2.45. The number of hydrogen-bond donors (Lipinski definition) is 0. The van der Waals surface area contributed by atoms with E-state index in [0.29, 0.717) is 28.6 Å². The van der Waals surface area contributed by atoms with Gasteiger partial charge in [-0.1, -0.05) is 41.9 Å². The molecule has 168 valence electrons. The Morgan fingerprint density at radius 2 is 1.82 bits per heavy atom. The van der Waals surface area contributed by atoms with E-state index in [2.05, 4.69) is 14.9 Å². The standard InChI is InChI=1S/C25H23ClN4O2S/c1-15-27-22(23(33-15)18-5-3-2-4-6-18)24(31)29-11-16-9-17(12-29)14-30(13-16)25-28-20-10-19(26)7-8-21(20)32-25/h2-8,10,16-17H,9,11-14H2,1H3. The van der Waals surface area contributed by atoms with Crippen LogP contribution in [0.4, 0.5) is 6.01 Å². The van der Waals surface area contributed by atoms with Gasteiger partial charge in [0.05, 0.1) is 9.88 Å². The Balaban J connectivity index is 1.22. The minimum atomic E-state index is 0.0397. The number of oxazole rings is 1. The number of aryl methyl sites for hydroxylation is 1. The maximum absolute atomic E-state index is 13.6. The van der Waals surface area contributed by atoms with Crippen LogP contribution in [0.25, 0.3) is 21.5 Å². The van der Waals surface area contributed by atoms with E-state index in [-0.39, 0.29) is 5.91 Å². The summed E-state index contributed by atoms with van der Waals surface area (Å²) in [7, 11) is 0. The molecule has 4 aromatic rings. The Labute approximate surface area is 200 Å². The lowest BCUT2D eigenvalue weighted by molar-refractivity contribution is 0.0557. The zero-order valence-corrected chi connectivity index (χ0v) is 19.8. The van der Waals surface area contributed by atoms with Gasteiger partial charge in [0.1, 0.15) is 11.2 Å². The lowest BCUT2D eigenvalue weighted by Crippen LogP contribution is -2.54. The summed E-state index contributed by atoms with van der Waals surface area (Å²) in [6.07, 6.45) is 1.12. The predicted molar refractivity (Wildman–Crippen MR) is 131 cm³/mol. The van der Waals surface area contributed by atoms with Gasteiger partial charge in [0.15, 0.2) is 5.58 Å². The predicted octanol–water partition coefficient (Wildman–Crippen LogP) is 5.51. The highest BCUT2D eigenvalue weighted by atomic mass is 35.5. The van der Waals surface area contributed by atoms with Crippen molar-refractivity contribution < 1.29 is 9.21 Å². The number of rotatable bonds is 3. The molecule has 1 amide bonds. The van der Waals surface area contributed by atoms with E-state index >= 15 is 0 Å². The minimum absolute atomic E-state index is 0.0397. The van der Waals surface area contributed by atoms with E-state index in [1.165, 1.54) is 0 Å². The van der Waals surface area contributed by atoms with Gasteiger partial charge in [-0.3, -0.25) is 4.79 Å². The number of aromatic nitrogens is 2. The largest absolute Gasteiger partial charge is 0.423 e. The number of fused-ring (bicyclic) bond motifs is 3. The third kappa shape index (κ3) is 3.89. The van der Waals surface area contributed by atoms with Gasteiger partial charge in [0.25, 0.3) is 11.9 Å². The van der Waals surface area contributed by atoms with Crippen LogP contribution in [0.1, 0.15) is 21.9 Å². The number of amides is 1. The summed E-state index contributed by atoms with van der Waals surface area (Å²) in [5, 5.41) is 1.57. The molecule has 0 radical (unpaired) electrons. The fourth-order valence-corrected chi connectivity index (χ4v) is 6.22. The van der Waals surface area contributed by atoms with Crippen LogP contribution in [0.15, 0.2) is 52.9 Å². The third-order valence-electron chi connectivity index (χ3n) is 6.45. The molecule has 2 atom stereocenters. The van der Waals surface area contributed by atoms with Crippen LogP contribution in [0.5, 0.6) is 0 Å². The van der Waals surface area contributed by atoms with Gasteiger partial charge in [-0.05, 0) is 48.9 Å². The Bertz CT molecular complexity index is 1320. The number of anilines is 1. The molecule has 0 spiro atoms. The molecule has 2 bridgehead atoms. The molecule has 2 unspecified atom stereocenters. The first-order chi connectivity index (χ1) is 16.0. The highest BCUT2D eigenvalue weighted by Crippen LogP contribution is 2.35. The highest BCUT2D eigenvalue weighted by Gasteiger charge is 2.38. The number of likely N-dealkylation sites (tertiary alicyclic amines) is 1. The zero-order chi connectivity index (χ0) is 22.5. The zero-order valence-electron chi connectivity index (χ0n) is 18.2. The maximum atomic E-state index is 13.6. The second kappa shape index (κ2) is 8.15. The van der Waals surface area contributed by atoms with Crippen molar-refractivity contribution in [2.24, 2.45) is 11.8 Å². The van der Waals surface area contributed by atoms with E-state index in [9.17, 15) is 4.79 Å². The lowest BCUT2D eigenvalue weighted by atomic mass is 9.84.